The first kappa shape index (κ1) is 14.8. The van der Waals surface area contributed by atoms with Gasteiger partial charge in [0.2, 0.25) is 0 Å². The Bertz CT molecular complexity index is 666. The van der Waals surface area contributed by atoms with Gasteiger partial charge in [-0.1, -0.05) is 23.7 Å². The highest BCUT2D eigenvalue weighted by Crippen LogP contribution is 2.31. The van der Waals surface area contributed by atoms with Crippen LogP contribution >= 0.6 is 27.5 Å². The van der Waals surface area contributed by atoms with E-state index >= 15 is 0 Å². The van der Waals surface area contributed by atoms with Crippen LogP contribution in [0, 0.1) is 10.1 Å². The van der Waals surface area contributed by atoms with Crippen LogP contribution in [0.5, 0.6) is 0 Å². The third-order valence-electron chi connectivity index (χ3n) is 2.50. The highest BCUT2D eigenvalue weighted by molar-refractivity contribution is 9.10. The van der Waals surface area contributed by atoms with Gasteiger partial charge in [-0.2, -0.15) is 0 Å². The number of rotatable bonds is 4. The fourth-order valence-corrected chi connectivity index (χ4v) is 2.12. The van der Waals surface area contributed by atoms with Crippen molar-refractivity contribution in [1.29, 1.82) is 0 Å². The van der Waals surface area contributed by atoms with Gasteiger partial charge in [-0.25, -0.2) is 9.97 Å². The summed E-state index contributed by atoms with van der Waals surface area (Å²) in [4.78, 5) is 18.9. The van der Waals surface area contributed by atoms with Crippen LogP contribution in [0.25, 0.3) is 11.4 Å². The number of hydrogen-bond acceptors (Lipinski definition) is 5. The number of hydrogen-bond donors (Lipinski definition) is 0. The third kappa shape index (κ3) is 2.95. The predicted molar refractivity (Wildman–Crippen MR) is 77.5 cm³/mol. The van der Waals surface area contributed by atoms with Crippen molar-refractivity contribution >= 4 is 33.2 Å². The van der Waals surface area contributed by atoms with Gasteiger partial charge in [0.15, 0.2) is 5.82 Å². The van der Waals surface area contributed by atoms with E-state index in [0.29, 0.717) is 15.7 Å². The van der Waals surface area contributed by atoms with Gasteiger partial charge in [-0.3, -0.25) is 10.1 Å². The van der Waals surface area contributed by atoms with Gasteiger partial charge < -0.3 is 4.74 Å². The van der Waals surface area contributed by atoms with Gasteiger partial charge >= 0.3 is 0 Å². The zero-order valence-electron chi connectivity index (χ0n) is 10.3. The van der Waals surface area contributed by atoms with E-state index < -0.39 is 4.92 Å². The number of benzene rings is 1. The van der Waals surface area contributed by atoms with Crippen molar-refractivity contribution in [2.75, 3.05) is 7.11 Å². The molecule has 0 atom stereocenters. The lowest BCUT2D eigenvalue weighted by molar-refractivity contribution is -0.384. The predicted octanol–water partition coefficient (Wildman–Crippen LogP) is 3.61. The summed E-state index contributed by atoms with van der Waals surface area (Å²) in [7, 11) is 1.52. The van der Waals surface area contributed by atoms with Crippen molar-refractivity contribution in [2.24, 2.45) is 0 Å². The van der Waals surface area contributed by atoms with Crippen molar-refractivity contribution in [3.63, 3.8) is 0 Å². The standard InChI is InChI=1S/C12H9BrClN3O3/c1-20-6-8-10(13)11(14)16-12(15-8)7-4-2-3-5-9(7)17(18)19/h2-5H,6H2,1H3. The second-order valence-electron chi connectivity index (χ2n) is 3.81. The number of nitro groups is 1. The fourth-order valence-electron chi connectivity index (χ4n) is 1.64. The summed E-state index contributed by atoms with van der Waals surface area (Å²) in [6.07, 6.45) is 0. The molecule has 6 nitrogen and oxygen atoms in total. The molecule has 8 heteroatoms. The molecule has 0 fully saturated rings. The van der Waals surface area contributed by atoms with Crippen LogP contribution in [0.2, 0.25) is 5.15 Å². The van der Waals surface area contributed by atoms with Crippen molar-refractivity contribution in [3.05, 3.63) is 49.7 Å². The topological polar surface area (TPSA) is 78.2 Å². The summed E-state index contributed by atoms with van der Waals surface area (Å²) in [5.74, 6) is 0.192. The number of nitro benzene ring substituents is 1. The minimum Gasteiger partial charge on any atom is -0.378 e. The molecule has 0 unspecified atom stereocenters. The first-order valence-corrected chi connectivity index (χ1v) is 6.66. The van der Waals surface area contributed by atoms with E-state index in [-0.39, 0.29) is 23.3 Å². The monoisotopic (exact) mass is 357 g/mol. The Kier molecular flexibility index (Phi) is 4.64. The molecule has 2 aromatic rings. The molecule has 0 spiro atoms. The van der Waals surface area contributed by atoms with E-state index in [9.17, 15) is 10.1 Å². The lowest BCUT2D eigenvalue weighted by Crippen LogP contribution is -2.01. The summed E-state index contributed by atoms with van der Waals surface area (Å²) in [6, 6.07) is 6.23. The van der Waals surface area contributed by atoms with E-state index in [0.717, 1.165) is 0 Å². The van der Waals surface area contributed by atoms with Gasteiger partial charge in [0, 0.05) is 13.2 Å². The van der Waals surface area contributed by atoms with Gasteiger partial charge in [-0.15, -0.1) is 0 Å². The quantitative estimate of drug-likeness (QED) is 0.474. The minimum atomic E-state index is -0.482. The molecule has 0 bridgehead atoms. The SMILES string of the molecule is COCc1nc(-c2ccccc2[N+](=O)[O-])nc(Cl)c1Br. The molecule has 0 aliphatic rings. The van der Waals surface area contributed by atoms with Gasteiger partial charge in [0.05, 0.1) is 27.3 Å². The lowest BCUT2D eigenvalue weighted by Gasteiger charge is -2.08. The van der Waals surface area contributed by atoms with E-state index in [1.165, 1.54) is 13.2 Å². The Morgan fingerprint density at radius 2 is 2.10 bits per heavy atom. The van der Waals surface area contributed by atoms with Crippen LogP contribution in [0.1, 0.15) is 5.69 Å². The average molecular weight is 359 g/mol. The molecule has 0 radical (unpaired) electrons. The Balaban J connectivity index is 2.61. The molecule has 0 saturated heterocycles. The van der Waals surface area contributed by atoms with E-state index in [1.807, 2.05) is 0 Å². The molecule has 20 heavy (non-hydrogen) atoms. The third-order valence-corrected chi connectivity index (χ3v) is 3.84. The maximum Gasteiger partial charge on any atom is 0.280 e. The molecule has 1 aromatic carbocycles. The molecule has 0 aliphatic carbocycles. The van der Waals surface area contributed by atoms with Gasteiger partial charge in [0.25, 0.3) is 5.69 Å². The molecule has 104 valence electrons. The van der Waals surface area contributed by atoms with Crippen LogP contribution < -0.4 is 0 Å². The first-order chi connectivity index (χ1) is 9.54. The molecule has 1 aromatic heterocycles. The van der Waals surface area contributed by atoms with Crippen molar-refractivity contribution in [2.45, 2.75) is 6.61 Å². The largest absolute Gasteiger partial charge is 0.378 e. The average Bonchev–Trinajstić information content (AvgIpc) is 2.43. The summed E-state index contributed by atoms with van der Waals surface area (Å²) in [5, 5.41) is 11.2. The Morgan fingerprint density at radius 3 is 2.75 bits per heavy atom. The minimum absolute atomic E-state index is 0.0748. The molecular weight excluding hydrogens is 350 g/mol. The molecule has 0 aliphatic heterocycles. The molecule has 0 amide bonds. The second kappa shape index (κ2) is 6.25. The molecule has 2 rings (SSSR count). The summed E-state index contributed by atoms with van der Waals surface area (Å²) in [5.41, 5.74) is 0.763. The lowest BCUT2D eigenvalue weighted by atomic mass is 10.1. The number of methoxy groups -OCH3 is 1. The van der Waals surface area contributed by atoms with Crippen molar-refractivity contribution in [1.82, 2.24) is 9.97 Å². The summed E-state index contributed by atoms with van der Waals surface area (Å²) >= 11 is 9.28. The number of aromatic nitrogens is 2. The van der Waals surface area contributed by atoms with Crippen molar-refractivity contribution < 1.29 is 9.66 Å². The van der Waals surface area contributed by atoms with Gasteiger partial charge in [-0.05, 0) is 22.0 Å². The zero-order valence-corrected chi connectivity index (χ0v) is 12.7. The Labute approximate surface area is 128 Å². The first-order valence-electron chi connectivity index (χ1n) is 5.49. The Hall–Kier alpha value is -1.57. The smallest absolute Gasteiger partial charge is 0.280 e. The van der Waals surface area contributed by atoms with E-state index in [1.54, 1.807) is 18.2 Å². The van der Waals surface area contributed by atoms with Crippen LogP contribution in [-0.2, 0) is 11.3 Å². The normalized spacial score (nSPS) is 10.6. The van der Waals surface area contributed by atoms with Crippen LogP contribution in [-0.4, -0.2) is 22.0 Å². The number of halogens is 2. The van der Waals surface area contributed by atoms with Crippen molar-refractivity contribution in [3.8, 4) is 11.4 Å². The van der Waals surface area contributed by atoms with E-state index in [2.05, 4.69) is 25.9 Å². The zero-order chi connectivity index (χ0) is 14.7. The number of ether oxygens (including phenoxy) is 1. The summed E-state index contributed by atoms with van der Waals surface area (Å²) in [6.45, 7) is 0.219. The Morgan fingerprint density at radius 1 is 1.40 bits per heavy atom. The number of para-hydroxylation sites is 1. The molecule has 1 heterocycles. The van der Waals surface area contributed by atoms with Crippen LogP contribution in [0.15, 0.2) is 28.7 Å². The maximum atomic E-state index is 11.0. The van der Waals surface area contributed by atoms with E-state index in [4.69, 9.17) is 16.3 Å². The molecular formula is C12H9BrClN3O3. The molecule has 0 N–H and O–H groups in total. The fraction of sp³-hybridized carbons (Fsp3) is 0.167. The highest BCUT2D eigenvalue weighted by atomic mass is 79.9. The second-order valence-corrected chi connectivity index (χ2v) is 4.96. The maximum absolute atomic E-state index is 11.0. The number of nitrogens with zero attached hydrogens (tertiary/aromatic N) is 3. The summed E-state index contributed by atoms with van der Waals surface area (Å²) < 4.78 is 5.54. The van der Waals surface area contributed by atoms with Crippen LogP contribution in [0.4, 0.5) is 5.69 Å². The molecule has 0 saturated carbocycles. The highest BCUT2D eigenvalue weighted by Gasteiger charge is 2.19. The van der Waals surface area contributed by atoms with Crippen LogP contribution in [0.3, 0.4) is 0 Å². The van der Waals surface area contributed by atoms with Gasteiger partial charge in [0.1, 0.15) is 5.15 Å².